The number of benzene rings is 1. The second-order valence-corrected chi connectivity index (χ2v) is 2.55. The second kappa shape index (κ2) is 1.99. The highest BCUT2D eigenvalue weighted by Gasteiger charge is 2.21. The molecule has 0 spiro atoms. The maximum absolute atomic E-state index is 8.94. The fraction of sp³-hybridized carbons (Fsp3) is 0.250. The summed E-state index contributed by atoms with van der Waals surface area (Å²) in [5.41, 5.74) is 1.26. The molecule has 1 aromatic carbocycles. The van der Waals surface area contributed by atoms with Crippen molar-refractivity contribution in [3.8, 4) is 5.75 Å². The van der Waals surface area contributed by atoms with E-state index in [1.807, 2.05) is 12.1 Å². The molecule has 0 aliphatic carbocycles. The smallest absolute Gasteiger partial charge is 0.115 e. The molecule has 1 heterocycles. The van der Waals surface area contributed by atoms with Gasteiger partial charge in [0.05, 0.1) is 0 Å². The van der Waals surface area contributed by atoms with Crippen molar-refractivity contribution in [2.45, 2.75) is 6.04 Å². The van der Waals surface area contributed by atoms with Gasteiger partial charge in [-0.1, -0.05) is 12.1 Å². The summed E-state index contributed by atoms with van der Waals surface area (Å²) in [7, 11) is 0. The zero-order valence-electron chi connectivity index (χ0n) is 5.54. The van der Waals surface area contributed by atoms with Crippen LogP contribution in [-0.4, -0.2) is 11.7 Å². The molecule has 10 heavy (non-hydrogen) atoms. The van der Waals surface area contributed by atoms with Crippen LogP contribution in [0.4, 0.5) is 0 Å². The Labute approximate surface area is 59.5 Å². The standard InChI is InChI=1S/C8H9NO/c10-7-3-1-6(2-4-7)8-5-9-8/h1-4,8-10H,5H2/t8-/m0/s1. The highest BCUT2D eigenvalue weighted by molar-refractivity contribution is 5.30. The summed E-state index contributed by atoms with van der Waals surface area (Å²) in [5, 5.41) is 12.1. The van der Waals surface area contributed by atoms with Gasteiger partial charge in [-0.2, -0.15) is 0 Å². The van der Waals surface area contributed by atoms with Gasteiger partial charge in [-0.3, -0.25) is 0 Å². The number of nitrogens with one attached hydrogen (secondary N) is 1. The molecule has 0 bridgehead atoms. The average molecular weight is 135 g/mol. The fourth-order valence-electron chi connectivity index (χ4n) is 1.00. The fourth-order valence-corrected chi connectivity index (χ4v) is 1.00. The summed E-state index contributed by atoms with van der Waals surface area (Å²) in [4.78, 5) is 0. The molecule has 1 fully saturated rings. The number of hydrogen-bond acceptors (Lipinski definition) is 2. The summed E-state index contributed by atoms with van der Waals surface area (Å²) >= 11 is 0. The Bertz CT molecular complexity index is 226. The van der Waals surface area contributed by atoms with Crippen molar-refractivity contribution in [3.63, 3.8) is 0 Å². The summed E-state index contributed by atoms with van der Waals surface area (Å²) in [6.07, 6.45) is 0. The molecule has 2 heteroatoms. The first-order valence-corrected chi connectivity index (χ1v) is 3.38. The van der Waals surface area contributed by atoms with Gasteiger partial charge in [-0.05, 0) is 17.7 Å². The maximum atomic E-state index is 8.94. The minimum Gasteiger partial charge on any atom is -0.508 e. The monoisotopic (exact) mass is 135 g/mol. The van der Waals surface area contributed by atoms with Crippen molar-refractivity contribution in [1.29, 1.82) is 0 Å². The largest absolute Gasteiger partial charge is 0.508 e. The van der Waals surface area contributed by atoms with Gasteiger partial charge in [0.1, 0.15) is 5.75 Å². The van der Waals surface area contributed by atoms with E-state index in [0.29, 0.717) is 11.8 Å². The molecular formula is C8H9NO. The van der Waals surface area contributed by atoms with Crippen molar-refractivity contribution in [3.05, 3.63) is 29.8 Å². The Morgan fingerprint density at radius 3 is 2.40 bits per heavy atom. The van der Waals surface area contributed by atoms with E-state index in [1.54, 1.807) is 12.1 Å². The van der Waals surface area contributed by atoms with E-state index >= 15 is 0 Å². The molecule has 1 saturated heterocycles. The molecule has 0 unspecified atom stereocenters. The van der Waals surface area contributed by atoms with E-state index in [-0.39, 0.29) is 0 Å². The van der Waals surface area contributed by atoms with E-state index in [2.05, 4.69) is 5.32 Å². The lowest BCUT2D eigenvalue weighted by molar-refractivity contribution is 0.475. The van der Waals surface area contributed by atoms with Crippen LogP contribution in [0.2, 0.25) is 0 Å². The van der Waals surface area contributed by atoms with Crippen LogP contribution >= 0.6 is 0 Å². The number of aromatic hydroxyl groups is 1. The minimum atomic E-state index is 0.337. The van der Waals surface area contributed by atoms with E-state index in [9.17, 15) is 0 Å². The van der Waals surface area contributed by atoms with Crippen LogP contribution in [0.25, 0.3) is 0 Å². The summed E-state index contributed by atoms with van der Waals surface area (Å²) in [5.74, 6) is 0.337. The van der Waals surface area contributed by atoms with Crippen molar-refractivity contribution in [1.82, 2.24) is 5.32 Å². The van der Waals surface area contributed by atoms with Crippen molar-refractivity contribution >= 4 is 0 Å². The normalized spacial score (nSPS) is 22.6. The highest BCUT2D eigenvalue weighted by Crippen LogP contribution is 2.22. The number of rotatable bonds is 1. The van der Waals surface area contributed by atoms with Crippen molar-refractivity contribution < 1.29 is 5.11 Å². The van der Waals surface area contributed by atoms with Gasteiger partial charge in [-0.25, -0.2) is 0 Å². The predicted octanol–water partition coefficient (Wildman–Crippen LogP) is 1.04. The lowest BCUT2D eigenvalue weighted by atomic mass is 10.1. The lowest BCUT2D eigenvalue weighted by Gasteiger charge is -1.94. The van der Waals surface area contributed by atoms with Crippen molar-refractivity contribution in [2.24, 2.45) is 0 Å². The molecule has 0 radical (unpaired) electrons. The Morgan fingerprint density at radius 1 is 1.30 bits per heavy atom. The van der Waals surface area contributed by atoms with Crippen LogP contribution in [0, 0.1) is 0 Å². The van der Waals surface area contributed by atoms with Crippen LogP contribution in [0.3, 0.4) is 0 Å². The quantitative estimate of drug-likeness (QED) is 0.565. The molecule has 1 aliphatic rings. The first kappa shape index (κ1) is 5.74. The SMILES string of the molecule is Oc1ccc([C@@H]2CN2)cc1. The third kappa shape index (κ3) is 0.977. The molecule has 0 amide bonds. The highest BCUT2D eigenvalue weighted by atomic mass is 16.3. The molecule has 0 saturated carbocycles. The lowest BCUT2D eigenvalue weighted by Crippen LogP contribution is -1.81. The van der Waals surface area contributed by atoms with Gasteiger partial charge in [0.15, 0.2) is 0 Å². The minimum absolute atomic E-state index is 0.337. The number of phenolic OH excluding ortho intramolecular Hbond substituents is 1. The Hall–Kier alpha value is -1.02. The van der Waals surface area contributed by atoms with Gasteiger partial charge in [-0.15, -0.1) is 0 Å². The zero-order valence-corrected chi connectivity index (χ0v) is 5.54. The Balaban J connectivity index is 2.28. The van der Waals surface area contributed by atoms with Gasteiger partial charge < -0.3 is 10.4 Å². The molecule has 2 N–H and O–H groups in total. The maximum Gasteiger partial charge on any atom is 0.115 e. The van der Waals surface area contributed by atoms with E-state index in [0.717, 1.165) is 6.54 Å². The van der Waals surface area contributed by atoms with Crippen LogP contribution in [0.15, 0.2) is 24.3 Å². The average Bonchev–Trinajstić information content (AvgIpc) is 2.71. The molecule has 2 rings (SSSR count). The molecule has 0 aromatic heterocycles. The van der Waals surface area contributed by atoms with Gasteiger partial charge >= 0.3 is 0 Å². The van der Waals surface area contributed by atoms with Crippen LogP contribution in [-0.2, 0) is 0 Å². The van der Waals surface area contributed by atoms with E-state index < -0.39 is 0 Å². The van der Waals surface area contributed by atoms with Crippen LogP contribution in [0.5, 0.6) is 5.75 Å². The van der Waals surface area contributed by atoms with E-state index in [1.165, 1.54) is 5.56 Å². The first-order chi connectivity index (χ1) is 4.86. The summed E-state index contributed by atoms with van der Waals surface area (Å²) < 4.78 is 0. The van der Waals surface area contributed by atoms with E-state index in [4.69, 9.17) is 5.11 Å². The molecule has 1 aromatic rings. The molecule has 1 aliphatic heterocycles. The summed E-state index contributed by atoms with van der Waals surface area (Å²) in [6.45, 7) is 1.07. The molecule has 52 valence electrons. The van der Waals surface area contributed by atoms with Gasteiger partial charge in [0.2, 0.25) is 0 Å². The molecule has 2 nitrogen and oxygen atoms in total. The van der Waals surface area contributed by atoms with Crippen LogP contribution < -0.4 is 5.32 Å². The molecule has 1 atom stereocenters. The van der Waals surface area contributed by atoms with Gasteiger partial charge in [0, 0.05) is 12.6 Å². The predicted molar refractivity (Wildman–Crippen MR) is 38.9 cm³/mol. The van der Waals surface area contributed by atoms with Crippen LogP contribution in [0.1, 0.15) is 11.6 Å². The Morgan fingerprint density at radius 2 is 1.90 bits per heavy atom. The zero-order chi connectivity index (χ0) is 6.97. The number of phenols is 1. The third-order valence-corrected chi connectivity index (χ3v) is 1.70. The topological polar surface area (TPSA) is 42.2 Å². The third-order valence-electron chi connectivity index (χ3n) is 1.70. The summed E-state index contributed by atoms with van der Waals surface area (Å²) in [6, 6.07) is 7.87. The first-order valence-electron chi connectivity index (χ1n) is 3.38. The Kier molecular flexibility index (Phi) is 1.14. The molecular weight excluding hydrogens is 126 g/mol. The second-order valence-electron chi connectivity index (χ2n) is 2.55. The van der Waals surface area contributed by atoms with Gasteiger partial charge in [0.25, 0.3) is 0 Å². The number of hydrogen-bond donors (Lipinski definition) is 2. The van der Waals surface area contributed by atoms with Crippen molar-refractivity contribution in [2.75, 3.05) is 6.54 Å².